The summed E-state index contributed by atoms with van der Waals surface area (Å²) in [6.45, 7) is 3.38. The van der Waals surface area contributed by atoms with Gasteiger partial charge in [-0.25, -0.2) is 8.42 Å². The van der Waals surface area contributed by atoms with Crippen LogP contribution in [0.2, 0.25) is 0 Å². The number of carbonyl (C=O) groups is 1. The fourth-order valence-corrected chi connectivity index (χ4v) is 3.74. The Bertz CT molecular complexity index is 773. The van der Waals surface area contributed by atoms with Crippen molar-refractivity contribution in [2.75, 3.05) is 6.79 Å². The summed E-state index contributed by atoms with van der Waals surface area (Å²) in [7, 11) is -3.62. The summed E-state index contributed by atoms with van der Waals surface area (Å²) in [5, 5.41) is 3.32. The third kappa shape index (κ3) is 3.11. The topological polar surface area (TPSA) is 93.7 Å². The average molecular weight is 340 g/mol. The van der Waals surface area contributed by atoms with Gasteiger partial charge in [0.2, 0.25) is 16.8 Å². The number of carbonyl (C=O) groups excluding carboxylic acids is 1. The van der Waals surface area contributed by atoms with Crippen molar-refractivity contribution in [3.05, 3.63) is 40.7 Å². The molecule has 116 valence electrons. The Balaban J connectivity index is 1.77. The minimum absolute atomic E-state index is 0.177. The highest BCUT2D eigenvalue weighted by molar-refractivity contribution is 8.06. The molecule has 1 atom stereocenters. The van der Waals surface area contributed by atoms with E-state index in [1.807, 2.05) is 0 Å². The highest BCUT2D eigenvalue weighted by Crippen LogP contribution is 2.34. The molecule has 1 unspecified atom stereocenters. The summed E-state index contributed by atoms with van der Waals surface area (Å²) in [5.74, 6) is 0.920. The molecule has 1 aromatic rings. The number of sulfonamides is 1. The molecular weight excluding hydrogens is 328 g/mol. The molecule has 3 rings (SSSR count). The summed E-state index contributed by atoms with van der Waals surface area (Å²) in [6, 6.07) is 5.30. The molecule has 9 heteroatoms. The van der Waals surface area contributed by atoms with Crippen molar-refractivity contribution in [2.45, 2.75) is 5.50 Å². The van der Waals surface area contributed by atoms with Gasteiger partial charge in [0.05, 0.1) is 4.91 Å². The molecule has 0 aliphatic carbocycles. The average Bonchev–Trinajstić information content (AvgIpc) is 3.05. The van der Waals surface area contributed by atoms with Gasteiger partial charge in [0.25, 0.3) is 5.91 Å². The molecule has 0 saturated carbocycles. The predicted molar refractivity (Wildman–Crippen MR) is 82.3 cm³/mol. The lowest BCUT2D eigenvalue weighted by atomic mass is 10.2. The van der Waals surface area contributed by atoms with Gasteiger partial charge in [0.15, 0.2) is 11.5 Å². The van der Waals surface area contributed by atoms with Crippen LogP contribution in [0.3, 0.4) is 0 Å². The van der Waals surface area contributed by atoms with Gasteiger partial charge < -0.3 is 14.8 Å². The van der Waals surface area contributed by atoms with Crippen molar-refractivity contribution in [1.82, 2.24) is 10.0 Å². The first-order valence-corrected chi connectivity index (χ1v) is 8.63. The van der Waals surface area contributed by atoms with Crippen LogP contribution in [0.25, 0.3) is 6.08 Å². The molecule has 0 radical (unpaired) electrons. The molecule has 1 amide bonds. The Morgan fingerprint density at radius 2 is 2.14 bits per heavy atom. The molecule has 1 saturated heterocycles. The first kappa shape index (κ1) is 14.9. The zero-order valence-corrected chi connectivity index (χ0v) is 12.9. The van der Waals surface area contributed by atoms with Gasteiger partial charge in [-0.15, -0.1) is 0 Å². The fraction of sp³-hybridized carbons (Fsp3) is 0.154. The SMILES string of the molecule is C=CS(=O)(=O)NC1NC(=O)/C(=C/c2ccc3c(c2)OCO3)S1. The Hall–Kier alpha value is -1.97. The van der Waals surface area contributed by atoms with Crippen LogP contribution in [0.5, 0.6) is 11.5 Å². The number of hydrogen-bond acceptors (Lipinski definition) is 6. The quantitative estimate of drug-likeness (QED) is 0.793. The van der Waals surface area contributed by atoms with Crippen molar-refractivity contribution in [3.63, 3.8) is 0 Å². The zero-order chi connectivity index (χ0) is 15.7. The van der Waals surface area contributed by atoms with Gasteiger partial charge in [0, 0.05) is 5.41 Å². The summed E-state index contributed by atoms with van der Waals surface area (Å²) >= 11 is 1.08. The molecule has 1 aromatic carbocycles. The van der Waals surface area contributed by atoms with Crippen molar-refractivity contribution in [1.29, 1.82) is 0 Å². The number of hydrogen-bond donors (Lipinski definition) is 2. The van der Waals surface area contributed by atoms with E-state index in [1.54, 1.807) is 24.3 Å². The van der Waals surface area contributed by atoms with Gasteiger partial charge in [-0.05, 0) is 23.8 Å². The molecule has 2 N–H and O–H groups in total. The van der Waals surface area contributed by atoms with Gasteiger partial charge >= 0.3 is 0 Å². The minimum atomic E-state index is -3.62. The van der Waals surface area contributed by atoms with E-state index in [0.717, 1.165) is 22.7 Å². The fourth-order valence-electron chi connectivity index (χ4n) is 1.90. The second kappa shape index (κ2) is 5.67. The number of benzene rings is 1. The summed E-state index contributed by atoms with van der Waals surface area (Å²) in [4.78, 5) is 12.3. The van der Waals surface area contributed by atoms with Crippen LogP contribution in [0, 0.1) is 0 Å². The number of thioether (sulfide) groups is 1. The Morgan fingerprint density at radius 1 is 1.36 bits per heavy atom. The number of fused-ring (bicyclic) bond motifs is 1. The van der Waals surface area contributed by atoms with Gasteiger partial charge in [-0.3, -0.25) is 4.79 Å². The maximum atomic E-state index is 11.9. The third-order valence-electron chi connectivity index (χ3n) is 2.92. The molecule has 2 aliphatic heterocycles. The lowest BCUT2D eigenvalue weighted by molar-refractivity contribution is -0.116. The van der Waals surface area contributed by atoms with Crippen molar-refractivity contribution in [3.8, 4) is 11.5 Å². The Morgan fingerprint density at radius 3 is 2.91 bits per heavy atom. The van der Waals surface area contributed by atoms with Crippen LogP contribution >= 0.6 is 11.8 Å². The molecule has 1 fully saturated rings. The number of amides is 1. The zero-order valence-electron chi connectivity index (χ0n) is 11.2. The number of nitrogens with one attached hydrogen (secondary N) is 2. The molecule has 0 bridgehead atoms. The van der Waals surface area contributed by atoms with E-state index in [2.05, 4.69) is 16.6 Å². The summed E-state index contributed by atoms with van der Waals surface area (Å²) < 4.78 is 35.6. The number of rotatable bonds is 4. The smallest absolute Gasteiger partial charge is 0.259 e. The highest BCUT2D eigenvalue weighted by atomic mass is 32.2. The molecule has 0 aromatic heterocycles. The molecule has 2 heterocycles. The van der Waals surface area contributed by atoms with Crippen LogP contribution < -0.4 is 19.5 Å². The first-order chi connectivity index (χ1) is 10.5. The highest BCUT2D eigenvalue weighted by Gasteiger charge is 2.29. The maximum absolute atomic E-state index is 11.9. The summed E-state index contributed by atoms with van der Waals surface area (Å²) in [5.41, 5.74) is 0.00453. The Kier molecular flexibility index (Phi) is 3.85. The molecule has 22 heavy (non-hydrogen) atoms. The minimum Gasteiger partial charge on any atom is -0.454 e. The van der Waals surface area contributed by atoms with Crippen LogP contribution in [0.4, 0.5) is 0 Å². The molecular formula is C13H12N2O5S2. The molecule has 2 aliphatic rings. The lowest BCUT2D eigenvalue weighted by Gasteiger charge is -2.08. The van der Waals surface area contributed by atoms with Crippen molar-refractivity contribution < 1.29 is 22.7 Å². The van der Waals surface area contributed by atoms with E-state index < -0.39 is 15.5 Å². The van der Waals surface area contributed by atoms with Crippen LogP contribution in [-0.4, -0.2) is 26.6 Å². The standard InChI is InChI=1S/C13H12N2O5S2/c1-2-22(17,18)15-13-14-12(16)11(21-13)6-8-3-4-9-10(5-8)20-7-19-9/h2-6,13,15H,1,7H2,(H,14,16)/b11-6-. The van der Waals surface area contributed by atoms with E-state index in [4.69, 9.17) is 9.47 Å². The van der Waals surface area contributed by atoms with Crippen LogP contribution in [0.1, 0.15) is 5.56 Å². The van der Waals surface area contributed by atoms with Crippen molar-refractivity contribution >= 4 is 33.8 Å². The normalized spacial score (nSPS) is 21.9. The summed E-state index contributed by atoms with van der Waals surface area (Å²) in [6.07, 6.45) is 1.66. The number of ether oxygens (including phenoxy) is 2. The van der Waals surface area contributed by atoms with E-state index in [0.29, 0.717) is 16.4 Å². The molecule has 7 nitrogen and oxygen atoms in total. The predicted octanol–water partition coefficient (Wildman–Crippen LogP) is 0.966. The first-order valence-electron chi connectivity index (χ1n) is 6.20. The largest absolute Gasteiger partial charge is 0.454 e. The lowest BCUT2D eigenvalue weighted by Crippen LogP contribution is -2.40. The van der Waals surface area contributed by atoms with Gasteiger partial charge in [0.1, 0.15) is 5.50 Å². The monoisotopic (exact) mass is 340 g/mol. The second-order valence-electron chi connectivity index (χ2n) is 4.42. The van der Waals surface area contributed by atoms with E-state index in [9.17, 15) is 13.2 Å². The van der Waals surface area contributed by atoms with Crippen LogP contribution in [-0.2, 0) is 14.8 Å². The van der Waals surface area contributed by atoms with Crippen LogP contribution in [0.15, 0.2) is 35.1 Å². The Labute approximate surface area is 131 Å². The van der Waals surface area contributed by atoms with Gasteiger partial charge in [-0.1, -0.05) is 24.4 Å². The second-order valence-corrected chi connectivity index (χ2v) is 7.23. The van der Waals surface area contributed by atoms with E-state index in [-0.39, 0.29) is 12.7 Å². The third-order valence-corrected chi connectivity index (χ3v) is 5.10. The van der Waals surface area contributed by atoms with E-state index in [1.165, 1.54) is 0 Å². The van der Waals surface area contributed by atoms with E-state index >= 15 is 0 Å². The van der Waals surface area contributed by atoms with Crippen molar-refractivity contribution in [2.24, 2.45) is 0 Å². The molecule has 0 spiro atoms. The van der Waals surface area contributed by atoms with Gasteiger partial charge in [-0.2, -0.15) is 4.72 Å². The maximum Gasteiger partial charge on any atom is 0.259 e.